The van der Waals surface area contributed by atoms with Crippen molar-refractivity contribution in [1.29, 1.82) is 0 Å². The SMILES string of the molecule is CC(C)N1CCCC1C1CCNCC1. The summed E-state index contributed by atoms with van der Waals surface area (Å²) in [4.78, 5) is 2.73. The number of piperidine rings is 1. The fourth-order valence-electron chi connectivity index (χ4n) is 3.19. The first kappa shape index (κ1) is 10.4. The summed E-state index contributed by atoms with van der Waals surface area (Å²) < 4.78 is 0. The van der Waals surface area contributed by atoms with Crippen LogP contribution in [-0.4, -0.2) is 36.6 Å². The second-order valence-corrected chi connectivity index (χ2v) is 5.13. The van der Waals surface area contributed by atoms with Gasteiger partial charge in [-0.05, 0) is 65.1 Å². The molecule has 82 valence electrons. The lowest BCUT2D eigenvalue weighted by Crippen LogP contribution is -2.43. The highest BCUT2D eigenvalue weighted by Gasteiger charge is 2.33. The van der Waals surface area contributed by atoms with Crippen LogP contribution in [-0.2, 0) is 0 Å². The molecule has 0 aromatic carbocycles. The highest BCUT2D eigenvalue weighted by Crippen LogP contribution is 2.30. The number of likely N-dealkylation sites (tertiary alicyclic amines) is 1. The van der Waals surface area contributed by atoms with E-state index in [0.29, 0.717) is 0 Å². The molecule has 2 rings (SSSR count). The first-order chi connectivity index (χ1) is 6.79. The van der Waals surface area contributed by atoms with Crippen molar-refractivity contribution >= 4 is 0 Å². The maximum Gasteiger partial charge on any atom is 0.0128 e. The molecule has 0 amide bonds. The number of nitrogens with one attached hydrogen (secondary N) is 1. The number of nitrogens with zero attached hydrogens (tertiary/aromatic N) is 1. The minimum Gasteiger partial charge on any atom is -0.317 e. The van der Waals surface area contributed by atoms with Crippen LogP contribution in [0.15, 0.2) is 0 Å². The summed E-state index contributed by atoms with van der Waals surface area (Å²) in [6.45, 7) is 8.52. The zero-order valence-corrected chi connectivity index (χ0v) is 9.63. The van der Waals surface area contributed by atoms with Crippen LogP contribution in [0.3, 0.4) is 0 Å². The van der Waals surface area contributed by atoms with Crippen LogP contribution in [0.4, 0.5) is 0 Å². The van der Waals surface area contributed by atoms with E-state index in [1.54, 1.807) is 0 Å². The topological polar surface area (TPSA) is 15.3 Å². The third-order valence-electron chi connectivity index (χ3n) is 3.93. The Hall–Kier alpha value is -0.0800. The fraction of sp³-hybridized carbons (Fsp3) is 1.00. The molecule has 2 nitrogen and oxygen atoms in total. The van der Waals surface area contributed by atoms with Crippen molar-refractivity contribution in [3.8, 4) is 0 Å². The minimum atomic E-state index is 0.748. The van der Waals surface area contributed by atoms with Gasteiger partial charge in [-0.2, -0.15) is 0 Å². The van der Waals surface area contributed by atoms with Gasteiger partial charge in [0.15, 0.2) is 0 Å². The molecule has 0 aromatic rings. The van der Waals surface area contributed by atoms with Gasteiger partial charge >= 0.3 is 0 Å². The quantitative estimate of drug-likeness (QED) is 0.725. The summed E-state index contributed by atoms with van der Waals surface area (Å²) in [6.07, 6.45) is 5.66. The molecular weight excluding hydrogens is 172 g/mol. The van der Waals surface area contributed by atoms with E-state index >= 15 is 0 Å². The van der Waals surface area contributed by atoms with Crippen LogP contribution in [0.25, 0.3) is 0 Å². The molecule has 2 saturated heterocycles. The van der Waals surface area contributed by atoms with Crippen molar-refractivity contribution < 1.29 is 0 Å². The molecule has 2 aliphatic heterocycles. The first-order valence-electron chi connectivity index (χ1n) is 6.25. The molecule has 0 radical (unpaired) electrons. The van der Waals surface area contributed by atoms with Crippen molar-refractivity contribution in [1.82, 2.24) is 10.2 Å². The van der Waals surface area contributed by atoms with Gasteiger partial charge in [0.05, 0.1) is 0 Å². The summed E-state index contributed by atoms with van der Waals surface area (Å²) in [7, 11) is 0. The normalized spacial score (nSPS) is 31.5. The van der Waals surface area contributed by atoms with Gasteiger partial charge in [-0.3, -0.25) is 4.90 Å². The highest BCUT2D eigenvalue weighted by atomic mass is 15.2. The van der Waals surface area contributed by atoms with Gasteiger partial charge < -0.3 is 5.32 Å². The molecule has 0 spiro atoms. The molecule has 2 aliphatic rings. The summed E-state index contributed by atoms with van der Waals surface area (Å²) in [5.74, 6) is 0.973. The molecule has 1 atom stereocenters. The van der Waals surface area contributed by atoms with Gasteiger partial charge in [0.1, 0.15) is 0 Å². The van der Waals surface area contributed by atoms with Crippen molar-refractivity contribution in [2.75, 3.05) is 19.6 Å². The van der Waals surface area contributed by atoms with Crippen LogP contribution >= 0.6 is 0 Å². The van der Waals surface area contributed by atoms with E-state index in [4.69, 9.17) is 0 Å². The molecule has 2 heterocycles. The zero-order chi connectivity index (χ0) is 9.97. The molecule has 1 N–H and O–H groups in total. The molecule has 0 saturated carbocycles. The minimum absolute atomic E-state index is 0.748. The Labute approximate surface area is 88.1 Å². The lowest BCUT2D eigenvalue weighted by Gasteiger charge is -2.36. The lowest BCUT2D eigenvalue weighted by atomic mass is 9.88. The van der Waals surface area contributed by atoms with Gasteiger partial charge in [0.25, 0.3) is 0 Å². The molecular formula is C12H24N2. The van der Waals surface area contributed by atoms with Crippen LogP contribution < -0.4 is 5.32 Å². The van der Waals surface area contributed by atoms with E-state index in [1.165, 1.54) is 45.3 Å². The predicted octanol–water partition coefficient (Wildman–Crippen LogP) is 1.86. The smallest absolute Gasteiger partial charge is 0.0128 e. The predicted molar refractivity (Wildman–Crippen MR) is 60.5 cm³/mol. The first-order valence-corrected chi connectivity index (χ1v) is 6.25. The third kappa shape index (κ3) is 2.12. The number of hydrogen-bond acceptors (Lipinski definition) is 2. The maximum atomic E-state index is 3.46. The van der Waals surface area contributed by atoms with Gasteiger partial charge in [-0.25, -0.2) is 0 Å². The largest absolute Gasteiger partial charge is 0.317 e. The monoisotopic (exact) mass is 196 g/mol. The Morgan fingerprint density at radius 1 is 1.14 bits per heavy atom. The number of hydrogen-bond donors (Lipinski definition) is 1. The summed E-state index contributed by atoms with van der Waals surface area (Å²) in [6, 6.07) is 1.65. The second kappa shape index (κ2) is 4.63. The highest BCUT2D eigenvalue weighted by molar-refractivity contribution is 4.88. The average molecular weight is 196 g/mol. The summed E-state index contributed by atoms with van der Waals surface area (Å²) in [5, 5.41) is 3.46. The molecule has 1 unspecified atom stereocenters. The van der Waals surface area contributed by atoms with E-state index in [2.05, 4.69) is 24.1 Å². The summed E-state index contributed by atoms with van der Waals surface area (Å²) in [5.41, 5.74) is 0. The van der Waals surface area contributed by atoms with E-state index < -0.39 is 0 Å². The molecule has 0 bridgehead atoms. The molecule has 0 aliphatic carbocycles. The van der Waals surface area contributed by atoms with Gasteiger partial charge in [0.2, 0.25) is 0 Å². The van der Waals surface area contributed by atoms with E-state index in [-0.39, 0.29) is 0 Å². The molecule has 14 heavy (non-hydrogen) atoms. The van der Waals surface area contributed by atoms with E-state index in [9.17, 15) is 0 Å². The summed E-state index contributed by atoms with van der Waals surface area (Å²) >= 11 is 0. The van der Waals surface area contributed by atoms with Crippen LogP contribution in [0.1, 0.15) is 39.5 Å². The van der Waals surface area contributed by atoms with Gasteiger partial charge in [-0.1, -0.05) is 0 Å². The van der Waals surface area contributed by atoms with E-state index in [1.807, 2.05) is 0 Å². The Morgan fingerprint density at radius 2 is 1.86 bits per heavy atom. The van der Waals surface area contributed by atoms with Crippen molar-refractivity contribution in [3.63, 3.8) is 0 Å². The average Bonchev–Trinajstić information content (AvgIpc) is 2.67. The van der Waals surface area contributed by atoms with Crippen molar-refractivity contribution in [3.05, 3.63) is 0 Å². The zero-order valence-electron chi connectivity index (χ0n) is 9.63. The molecule has 2 fully saturated rings. The Kier molecular flexibility index (Phi) is 3.45. The van der Waals surface area contributed by atoms with E-state index in [0.717, 1.165) is 18.0 Å². The molecule has 0 aromatic heterocycles. The standard InChI is InChI=1S/C12H24N2/c1-10(2)14-9-3-4-12(14)11-5-7-13-8-6-11/h10-13H,3-9H2,1-2H3. The second-order valence-electron chi connectivity index (χ2n) is 5.13. The lowest BCUT2D eigenvalue weighted by molar-refractivity contribution is 0.132. The van der Waals surface area contributed by atoms with Crippen LogP contribution in [0.5, 0.6) is 0 Å². The fourth-order valence-corrected chi connectivity index (χ4v) is 3.19. The van der Waals surface area contributed by atoms with Crippen molar-refractivity contribution in [2.24, 2.45) is 5.92 Å². The maximum absolute atomic E-state index is 3.46. The van der Waals surface area contributed by atoms with Gasteiger partial charge in [-0.15, -0.1) is 0 Å². The van der Waals surface area contributed by atoms with Crippen molar-refractivity contribution in [2.45, 2.75) is 51.6 Å². The van der Waals surface area contributed by atoms with Gasteiger partial charge in [0, 0.05) is 12.1 Å². The molecule has 2 heteroatoms. The Bertz CT molecular complexity index is 173. The number of rotatable bonds is 2. The Balaban J connectivity index is 1.94. The van der Waals surface area contributed by atoms with Crippen LogP contribution in [0.2, 0.25) is 0 Å². The van der Waals surface area contributed by atoms with Crippen LogP contribution in [0, 0.1) is 5.92 Å². The third-order valence-corrected chi connectivity index (χ3v) is 3.93. The Morgan fingerprint density at radius 3 is 2.50 bits per heavy atom.